The second-order valence-electron chi connectivity index (χ2n) is 7.64. The summed E-state index contributed by atoms with van der Waals surface area (Å²) in [5.74, 6) is 0.955. The Morgan fingerprint density at radius 1 is 1.16 bits per heavy atom. The summed E-state index contributed by atoms with van der Waals surface area (Å²) in [5.41, 5.74) is -0.0359. The van der Waals surface area contributed by atoms with Crippen molar-refractivity contribution in [3.63, 3.8) is 0 Å². The zero-order valence-corrected chi connectivity index (χ0v) is 18.1. The van der Waals surface area contributed by atoms with Crippen LogP contribution in [0.4, 0.5) is 5.69 Å². The van der Waals surface area contributed by atoms with Crippen LogP contribution in [0.25, 0.3) is 0 Å². The van der Waals surface area contributed by atoms with Crippen molar-refractivity contribution in [2.45, 2.75) is 39.2 Å². The fourth-order valence-electron chi connectivity index (χ4n) is 3.49. The van der Waals surface area contributed by atoms with Crippen molar-refractivity contribution in [3.8, 4) is 5.75 Å². The van der Waals surface area contributed by atoms with Crippen LogP contribution in [0.15, 0.2) is 44.3 Å². The van der Waals surface area contributed by atoms with Gasteiger partial charge in [0.05, 0.1) is 17.3 Å². The summed E-state index contributed by atoms with van der Waals surface area (Å²) in [6, 6.07) is 8.29. The van der Waals surface area contributed by atoms with Crippen LogP contribution in [-0.2, 0) is 6.42 Å². The molecule has 4 N–H and O–H groups in total. The second kappa shape index (κ2) is 9.61. The molecule has 1 heterocycles. The normalized spacial score (nSPS) is 11.7. The minimum atomic E-state index is -0.577. The van der Waals surface area contributed by atoms with Gasteiger partial charge in [-0.1, -0.05) is 25.5 Å². The number of aromatic hydroxyl groups is 1. The number of hydrogen-bond acceptors (Lipinski definition) is 6. The predicted octanol–water partition coefficient (Wildman–Crippen LogP) is 2.31. The number of nitrogens with zero attached hydrogens (tertiary/aromatic N) is 1. The van der Waals surface area contributed by atoms with E-state index >= 15 is 0 Å². The maximum atomic E-state index is 12.3. The first kappa shape index (κ1) is 23.9. The number of aryl methyl sites for hydroxylation is 1. The Morgan fingerprint density at radius 3 is 2.45 bits per heavy atom. The molecule has 8 nitrogen and oxygen atoms in total. The third-order valence-electron chi connectivity index (χ3n) is 5.13. The molecule has 3 rings (SSSR count). The number of amides is 1. The van der Waals surface area contributed by atoms with E-state index in [2.05, 4.69) is 5.32 Å². The lowest BCUT2D eigenvalue weighted by atomic mass is 9.95. The summed E-state index contributed by atoms with van der Waals surface area (Å²) in [7, 11) is 3.19. The van der Waals surface area contributed by atoms with Gasteiger partial charge in [0, 0.05) is 26.1 Å². The summed E-state index contributed by atoms with van der Waals surface area (Å²) < 4.78 is 5.70. The molecule has 31 heavy (non-hydrogen) atoms. The first-order valence-electron chi connectivity index (χ1n) is 9.92. The summed E-state index contributed by atoms with van der Waals surface area (Å²) in [5, 5.41) is 13.7. The molecule has 0 unspecified atom stereocenters. The van der Waals surface area contributed by atoms with Gasteiger partial charge in [-0.05, 0) is 37.1 Å². The molecule has 0 saturated heterocycles. The number of furan rings is 1. The topological polar surface area (TPSA) is 131 Å². The first-order chi connectivity index (χ1) is 14.2. The van der Waals surface area contributed by atoms with Crippen LogP contribution in [0.3, 0.4) is 0 Å². The molecule has 1 amide bonds. The maximum absolute atomic E-state index is 12.3. The number of phenols is 1. The maximum Gasteiger partial charge on any atom is 0.257 e. The standard InChI is InChI=1S/C23H26N2O5.H2O/c1-5-7-17(18-11-10-13(2)30-18)24-19-16(21(27)22(19)28)12-14-8-6-9-15(20(14)26)23(29)25(3)4;/h6,8-11,17,24,26H,5,7,12H2,1-4H3;1H2/t17-;/m1./s1. The molecule has 0 radical (unpaired) electrons. The van der Waals surface area contributed by atoms with Gasteiger partial charge < -0.3 is 25.2 Å². The summed E-state index contributed by atoms with van der Waals surface area (Å²) >= 11 is 0. The van der Waals surface area contributed by atoms with Gasteiger partial charge in [0.2, 0.25) is 10.9 Å². The van der Waals surface area contributed by atoms with Crippen molar-refractivity contribution in [3.05, 3.63) is 79.0 Å². The predicted molar refractivity (Wildman–Crippen MR) is 119 cm³/mol. The van der Waals surface area contributed by atoms with Crippen molar-refractivity contribution < 1.29 is 19.8 Å². The van der Waals surface area contributed by atoms with Gasteiger partial charge in [0.1, 0.15) is 17.3 Å². The highest BCUT2D eigenvalue weighted by Crippen LogP contribution is 2.29. The molecule has 1 atom stereocenters. The second-order valence-corrected chi connectivity index (χ2v) is 7.64. The van der Waals surface area contributed by atoms with Crippen molar-refractivity contribution in [1.29, 1.82) is 0 Å². The van der Waals surface area contributed by atoms with Crippen LogP contribution in [0, 0.1) is 6.92 Å². The average Bonchev–Trinajstić information content (AvgIpc) is 3.16. The van der Waals surface area contributed by atoms with E-state index in [-0.39, 0.29) is 40.8 Å². The molecule has 0 aliphatic carbocycles. The van der Waals surface area contributed by atoms with Gasteiger partial charge in [-0.2, -0.15) is 0 Å². The number of anilines is 1. The Labute approximate surface area is 180 Å². The van der Waals surface area contributed by atoms with Gasteiger partial charge >= 0.3 is 0 Å². The van der Waals surface area contributed by atoms with Crippen LogP contribution >= 0.6 is 0 Å². The van der Waals surface area contributed by atoms with Gasteiger partial charge in [0.25, 0.3) is 5.91 Å². The minimum Gasteiger partial charge on any atom is -0.507 e. The lowest BCUT2D eigenvalue weighted by Gasteiger charge is -2.21. The third kappa shape index (κ3) is 4.69. The number of carbonyl (C=O) groups is 1. The monoisotopic (exact) mass is 428 g/mol. The smallest absolute Gasteiger partial charge is 0.257 e. The molecule has 166 valence electrons. The van der Waals surface area contributed by atoms with Crippen LogP contribution in [0.1, 0.15) is 58.8 Å². The van der Waals surface area contributed by atoms with Crippen LogP contribution in [-0.4, -0.2) is 35.5 Å². The molecule has 1 aromatic heterocycles. The Balaban J connectivity index is 0.00000341. The molecule has 0 bridgehead atoms. The van der Waals surface area contributed by atoms with E-state index in [1.165, 1.54) is 11.0 Å². The number of carbonyl (C=O) groups excluding carboxylic acids is 1. The number of para-hydroxylation sites is 1. The van der Waals surface area contributed by atoms with E-state index in [1.807, 2.05) is 26.0 Å². The van der Waals surface area contributed by atoms with Crippen molar-refractivity contribution in [2.75, 3.05) is 19.4 Å². The molecular formula is C23H28N2O6. The van der Waals surface area contributed by atoms with E-state index in [0.29, 0.717) is 16.9 Å². The number of nitrogens with one attached hydrogen (secondary N) is 1. The van der Waals surface area contributed by atoms with E-state index in [4.69, 9.17) is 4.42 Å². The Hall–Kier alpha value is -3.39. The summed E-state index contributed by atoms with van der Waals surface area (Å²) in [6.07, 6.45) is 1.64. The molecule has 2 aromatic carbocycles. The van der Waals surface area contributed by atoms with Gasteiger partial charge in [-0.15, -0.1) is 0 Å². The largest absolute Gasteiger partial charge is 0.507 e. The van der Waals surface area contributed by atoms with E-state index in [1.54, 1.807) is 26.2 Å². The minimum absolute atomic E-state index is 0. The van der Waals surface area contributed by atoms with Crippen LogP contribution < -0.4 is 16.2 Å². The van der Waals surface area contributed by atoms with Crippen LogP contribution in [0.2, 0.25) is 0 Å². The molecule has 8 heteroatoms. The fourth-order valence-corrected chi connectivity index (χ4v) is 3.49. The zero-order chi connectivity index (χ0) is 22.0. The summed E-state index contributed by atoms with van der Waals surface area (Å²) in [4.78, 5) is 38.1. The highest BCUT2D eigenvalue weighted by molar-refractivity contribution is 5.97. The Bertz CT molecular complexity index is 1140. The third-order valence-corrected chi connectivity index (χ3v) is 5.13. The highest BCUT2D eigenvalue weighted by Gasteiger charge is 2.26. The lowest BCUT2D eigenvalue weighted by Crippen LogP contribution is -2.39. The van der Waals surface area contributed by atoms with E-state index < -0.39 is 10.9 Å². The zero-order valence-electron chi connectivity index (χ0n) is 18.1. The Kier molecular flexibility index (Phi) is 7.41. The van der Waals surface area contributed by atoms with Crippen molar-refractivity contribution in [2.24, 2.45) is 0 Å². The Morgan fingerprint density at radius 2 is 1.87 bits per heavy atom. The molecule has 0 spiro atoms. The van der Waals surface area contributed by atoms with Crippen molar-refractivity contribution >= 4 is 11.6 Å². The molecule has 3 aromatic rings. The van der Waals surface area contributed by atoms with E-state index in [0.717, 1.165) is 18.6 Å². The summed E-state index contributed by atoms with van der Waals surface area (Å²) in [6.45, 7) is 3.87. The molecule has 0 saturated carbocycles. The van der Waals surface area contributed by atoms with Crippen molar-refractivity contribution in [1.82, 2.24) is 4.90 Å². The van der Waals surface area contributed by atoms with E-state index in [9.17, 15) is 19.5 Å². The average molecular weight is 428 g/mol. The molecule has 0 aliphatic heterocycles. The number of benzene rings is 1. The van der Waals surface area contributed by atoms with Gasteiger partial charge in [-0.25, -0.2) is 0 Å². The highest BCUT2D eigenvalue weighted by atomic mass is 16.3. The van der Waals surface area contributed by atoms with Gasteiger partial charge in [0.15, 0.2) is 0 Å². The quantitative estimate of drug-likeness (QED) is 0.529. The number of hydrogen-bond donors (Lipinski definition) is 2. The molecular weight excluding hydrogens is 400 g/mol. The number of rotatable bonds is 8. The lowest BCUT2D eigenvalue weighted by molar-refractivity contribution is 0.0824. The first-order valence-corrected chi connectivity index (χ1v) is 9.92. The number of phenolic OH excluding ortho intramolecular Hbond substituents is 1. The van der Waals surface area contributed by atoms with Gasteiger partial charge in [-0.3, -0.25) is 14.4 Å². The fraction of sp³-hybridized carbons (Fsp3) is 0.348. The van der Waals surface area contributed by atoms with Crippen LogP contribution in [0.5, 0.6) is 5.75 Å². The molecule has 0 aliphatic rings. The SMILES string of the molecule is CCC[C@@H](Nc1c(Cc2cccc(C(=O)N(C)C)c2O)c(=O)c1=O)c1ccc(C)o1.O. The molecule has 0 fully saturated rings.